The first-order chi connectivity index (χ1) is 12.8. The Morgan fingerprint density at radius 3 is 2.15 bits per heavy atom. The maximum Gasteiger partial charge on any atom is 0.229 e. The quantitative estimate of drug-likeness (QED) is 0.865. The number of aromatic nitrogens is 1. The summed E-state index contributed by atoms with van der Waals surface area (Å²) in [4.78, 5) is 21.2. The lowest BCUT2D eigenvalue weighted by molar-refractivity contribution is -0.123. The van der Waals surface area contributed by atoms with Gasteiger partial charge < -0.3 is 20.4 Å². The molecular weight excluding hydrogens is 338 g/mol. The number of carbonyl (C=O) groups is 1. The Labute approximate surface area is 161 Å². The van der Waals surface area contributed by atoms with E-state index in [-0.39, 0.29) is 5.91 Å². The molecule has 2 heterocycles. The molecule has 1 aromatic carbocycles. The lowest BCUT2D eigenvalue weighted by Crippen LogP contribution is -2.44. The summed E-state index contributed by atoms with van der Waals surface area (Å²) in [5.74, 6) is 0.723. The predicted octanol–water partition coefficient (Wildman–Crippen LogP) is 3.56. The maximum absolute atomic E-state index is 12.0. The number of anilines is 4. The molecule has 1 amide bonds. The summed E-state index contributed by atoms with van der Waals surface area (Å²) in [6.07, 6.45) is 1.67. The second kappa shape index (κ2) is 7.96. The molecule has 1 aromatic heterocycles. The molecule has 6 nitrogen and oxygen atoms in total. The predicted molar refractivity (Wildman–Crippen MR) is 112 cm³/mol. The highest BCUT2D eigenvalue weighted by Crippen LogP contribution is 2.22. The Morgan fingerprint density at radius 2 is 1.59 bits per heavy atom. The standard InChI is InChI=1S/C21H29N5O/c1-21(2,3)20(27)24-17-7-10-19(22-15-17)23-16-5-8-18(9-6-16)26-13-11-25(4)12-14-26/h5-10,15H,11-14H2,1-4H3,(H,22,23)(H,24,27). The van der Waals surface area contributed by atoms with Gasteiger partial charge in [0.2, 0.25) is 5.91 Å². The molecule has 0 spiro atoms. The first-order valence-corrected chi connectivity index (χ1v) is 9.39. The number of piperazine rings is 1. The molecule has 0 radical (unpaired) electrons. The molecule has 0 saturated carbocycles. The summed E-state index contributed by atoms with van der Waals surface area (Å²) in [5.41, 5.74) is 2.52. The van der Waals surface area contributed by atoms with Crippen molar-refractivity contribution in [3.63, 3.8) is 0 Å². The summed E-state index contributed by atoms with van der Waals surface area (Å²) in [6.45, 7) is 9.98. The van der Waals surface area contributed by atoms with Crippen molar-refractivity contribution in [2.75, 3.05) is 48.8 Å². The molecule has 1 saturated heterocycles. The van der Waals surface area contributed by atoms with Crippen molar-refractivity contribution < 1.29 is 4.79 Å². The van der Waals surface area contributed by atoms with Crippen LogP contribution in [0.3, 0.4) is 0 Å². The van der Waals surface area contributed by atoms with Gasteiger partial charge in [0.15, 0.2) is 0 Å². The zero-order valence-corrected chi connectivity index (χ0v) is 16.6. The summed E-state index contributed by atoms with van der Waals surface area (Å²) in [6, 6.07) is 12.2. The van der Waals surface area contributed by atoms with Crippen LogP contribution in [0.5, 0.6) is 0 Å². The van der Waals surface area contributed by atoms with Gasteiger partial charge in [-0.25, -0.2) is 4.98 Å². The zero-order valence-electron chi connectivity index (χ0n) is 16.6. The fourth-order valence-corrected chi connectivity index (χ4v) is 2.83. The van der Waals surface area contributed by atoms with Gasteiger partial charge in [0.1, 0.15) is 5.82 Å². The second-order valence-electron chi connectivity index (χ2n) is 8.10. The van der Waals surface area contributed by atoms with Crippen molar-refractivity contribution in [3.05, 3.63) is 42.6 Å². The van der Waals surface area contributed by atoms with Gasteiger partial charge in [0.05, 0.1) is 11.9 Å². The third kappa shape index (κ3) is 5.20. The van der Waals surface area contributed by atoms with E-state index in [1.54, 1.807) is 6.20 Å². The van der Waals surface area contributed by atoms with Crippen LogP contribution in [0.25, 0.3) is 0 Å². The Balaban J connectivity index is 1.58. The minimum atomic E-state index is -0.428. The van der Waals surface area contributed by atoms with Gasteiger partial charge in [0, 0.05) is 43.0 Å². The molecule has 0 bridgehead atoms. The first-order valence-electron chi connectivity index (χ1n) is 9.39. The first kappa shape index (κ1) is 19.2. The minimum absolute atomic E-state index is 0.0236. The summed E-state index contributed by atoms with van der Waals surface area (Å²) in [5, 5.41) is 6.18. The minimum Gasteiger partial charge on any atom is -0.369 e. The fourth-order valence-electron chi connectivity index (χ4n) is 2.83. The molecular formula is C21H29N5O. The van der Waals surface area contributed by atoms with Crippen LogP contribution in [0, 0.1) is 5.41 Å². The number of amides is 1. The lowest BCUT2D eigenvalue weighted by atomic mass is 9.96. The molecule has 27 heavy (non-hydrogen) atoms. The van der Waals surface area contributed by atoms with Gasteiger partial charge in [-0.3, -0.25) is 4.79 Å². The van der Waals surface area contributed by atoms with Gasteiger partial charge in [-0.2, -0.15) is 0 Å². The van der Waals surface area contributed by atoms with E-state index in [0.717, 1.165) is 37.7 Å². The maximum atomic E-state index is 12.0. The SMILES string of the molecule is CN1CCN(c2ccc(Nc3ccc(NC(=O)C(C)(C)C)cn3)cc2)CC1. The molecule has 1 aliphatic rings. The van der Waals surface area contributed by atoms with Gasteiger partial charge in [-0.15, -0.1) is 0 Å². The van der Waals surface area contributed by atoms with Crippen LogP contribution in [0.2, 0.25) is 0 Å². The highest BCUT2D eigenvalue weighted by Gasteiger charge is 2.21. The fraction of sp³-hybridized carbons (Fsp3) is 0.429. The number of pyridine rings is 1. The van der Waals surface area contributed by atoms with Gasteiger partial charge in [0.25, 0.3) is 0 Å². The molecule has 2 N–H and O–H groups in total. The highest BCUT2D eigenvalue weighted by molar-refractivity contribution is 5.94. The molecule has 144 valence electrons. The van der Waals surface area contributed by atoms with E-state index in [4.69, 9.17) is 0 Å². The van der Waals surface area contributed by atoms with Crippen LogP contribution in [0.4, 0.5) is 22.9 Å². The van der Waals surface area contributed by atoms with E-state index in [1.165, 1.54) is 5.69 Å². The third-order valence-electron chi connectivity index (χ3n) is 4.71. The second-order valence-corrected chi connectivity index (χ2v) is 8.10. The van der Waals surface area contributed by atoms with Crippen LogP contribution in [-0.4, -0.2) is 49.0 Å². The number of nitrogens with zero attached hydrogens (tertiary/aromatic N) is 3. The van der Waals surface area contributed by atoms with Gasteiger partial charge in [-0.05, 0) is 43.4 Å². The van der Waals surface area contributed by atoms with E-state index in [1.807, 2.05) is 32.9 Å². The molecule has 0 aliphatic carbocycles. The van der Waals surface area contributed by atoms with E-state index in [0.29, 0.717) is 5.69 Å². The van der Waals surface area contributed by atoms with Crippen molar-refractivity contribution in [1.82, 2.24) is 9.88 Å². The Hall–Kier alpha value is -2.60. The monoisotopic (exact) mass is 367 g/mol. The topological polar surface area (TPSA) is 60.5 Å². The van der Waals surface area contributed by atoms with Crippen LogP contribution < -0.4 is 15.5 Å². The molecule has 2 aromatic rings. The Bertz CT molecular complexity index is 757. The van der Waals surface area contributed by atoms with Crippen LogP contribution in [-0.2, 0) is 4.79 Å². The number of hydrogen-bond donors (Lipinski definition) is 2. The van der Waals surface area contributed by atoms with Crippen molar-refractivity contribution in [3.8, 4) is 0 Å². The van der Waals surface area contributed by atoms with E-state index in [2.05, 4.69) is 56.7 Å². The molecule has 0 unspecified atom stereocenters. The largest absolute Gasteiger partial charge is 0.369 e. The number of hydrogen-bond acceptors (Lipinski definition) is 5. The van der Waals surface area contributed by atoms with E-state index >= 15 is 0 Å². The summed E-state index contributed by atoms with van der Waals surface area (Å²) in [7, 11) is 2.16. The molecule has 0 atom stereocenters. The molecule has 1 aliphatic heterocycles. The van der Waals surface area contributed by atoms with E-state index in [9.17, 15) is 4.79 Å². The smallest absolute Gasteiger partial charge is 0.229 e. The Morgan fingerprint density at radius 1 is 0.963 bits per heavy atom. The molecule has 3 rings (SSSR count). The highest BCUT2D eigenvalue weighted by atomic mass is 16.2. The van der Waals surface area contributed by atoms with Gasteiger partial charge >= 0.3 is 0 Å². The van der Waals surface area contributed by atoms with Crippen molar-refractivity contribution >= 4 is 28.8 Å². The zero-order chi connectivity index (χ0) is 19.4. The normalized spacial score (nSPS) is 15.5. The number of likely N-dealkylation sites (N-methyl/N-ethyl adjacent to an activating group) is 1. The number of rotatable bonds is 4. The average molecular weight is 367 g/mol. The van der Waals surface area contributed by atoms with Crippen molar-refractivity contribution in [1.29, 1.82) is 0 Å². The number of carbonyl (C=O) groups excluding carboxylic acids is 1. The lowest BCUT2D eigenvalue weighted by Gasteiger charge is -2.34. The number of nitrogens with one attached hydrogen (secondary N) is 2. The number of benzene rings is 1. The van der Waals surface area contributed by atoms with Gasteiger partial charge in [-0.1, -0.05) is 20.8 Å². The molecule has 1 fully saturated rings. The van der Waals surface area contributed by atoms with Crippen LogP contribution >= 0.6 is 0 Å². The molecule has 6 heteroatoms. The van der Waals surface area contributed by atoms with Crippen LogP contribution in [0.1, 0.15) is 20.8 Å². The van der Waals surface area contributed by atoms with Crippen molar-refractivity contribution in [2.45, 2.75) is 20.8 Å². The van der Waals surface area contributed by atoms with E-state index < -0.39 is 5.41 Å². The van der Waals surface area contributed by atoms with Crippen molar-refractivity contribution in [2.24, 2.45) is 5.41 Å². The third-order valence-corrected chi connectivity index (χ3v) is 4.71. The average Bonchev–Trinajstić information content (AvgIpc) is 2.64. The van der Waals surface area contributed by atoms with Crippen LogP contribution in [0.15, 0.2) is 42.6 Å². The summed E-state index contributed by atoms with van der Waals surface area (Å²) < 4.78 is 0. The Kier molecular flexibility index (Phi) is 5.65. The summed E-state index contributed by atoms with van der Waals surface area (Å²) >= 11 is 0.